The lowest BCUT2D eigenvalue weighted by Crippen LogP contribution is -2.17. The fourth-order valence-corrected chi connectivity index (χ4v) is 10.9. The molecule has 14 heteroatoms. The molecule has 71 heavy (non-hydrogen) atoms. The molecular formula is C57H78O12P2. The van der Waals surface area contributed by atoms with Crippen LogP contribution in [0.25, 0.3) is 0 Å². The second kappa shape index (κ2) is 25.5. The summed E-state index contributed by atoms with van der Waals surface area (Å²) in [4.78, 5) is 48.8. The topological polar surface area (TPSA) is 142 Å². The van der Waals surface area contributed by atoms with Gasteiger partial charge < -0.3 is 37.0 Å². The minimum atomic E-state index is -1.92. The van der Waals surface area contributed by atoms with Gasteiger partial charge in [0.1, 0.15) is 28.9 Å². The maximum atomic E-state index is 12.2. The maximum Gasteiger partial charge on any atom is 0.305 e. The summed E-state index contributed by atoms with van der Waals surface area (Å²) in [6, 6.07) is 24.1. The fourth-order valence-electron chi connectivity index (χ4n) is 7.67. The molecule has 0 N–H and O–H groups in total. The minimum absolute atomic E-state index is 0.188. The molecule has 0 aliphatic rings. The smallest absolute Gasteiger partial charge is 0.305 e. The van der Waals surface area contributed by atoms with Gasteiger partial charge in [-0.2, -0.15) is 0 Å². The van der Waals surface area contributed by atoms with E-state index >= 15 is 0 Å². The van der Waals surface area contributed by atoms with E-state index in [1.807, 2.05) is 48.5 Å². The number of ether oxygens (including phenoxy) is 4. The van der Waals surface area contributed by atoms with Gasteiger partial charge in [0.15, 0.2) is 0 Å². The normalized spacial score (nSPS) is 12.1. The van der Waals surface area contributed by atoms with E-state index in [2.05, 4.69) is 107 Å². The molecule has 0 aliphatic carbocycles. The molecule has 0 aliphatic heterocycles. The third-order valence-corrected chi connectivity index (χ3v) is 15.3. The lowest BCUT2D eigenvalue weighted by atomic mass is 9.85. The van der Waals surface area contributed by atoms with Crippen molar-refractivity contribution in [3.63, 3.8) is 0 Å². The van der Waals surface area contributed by atoms with E-state index in [0.717, 1.165) is 44.5 Å². The quantitative estimate of drug-likeness (QED) is 0.0420. The average molecular weight is 1020 g/mol. The largest absolute Gasteiger partial charge is 0.469 e. The van der Waals surface area contributed by atoms with Crippen molar-refractivity contribution < 1.29 is 56.2 Å². The van der Waals surface area contributed by atoms with E-state index < -0.39 is 16.8 Å². The summed E-state index contributed by atoms with van der Waals surface area (Å²) in [5.41, 5.74) is 6.14. The Hall–Kier alpha value is -5.18. The summed E-state index contributed by atoms with van der Waals surface area (Å²) >= 11 is 0. The van der Waals surface area contributed by atoms with Crippen molar-refractivity contribution >= 4 is 40.6 Å². The van der Waals surface area contributed by atoms with Gasteiger partial charge in [0.2, 0.25) is 0 Å². The Kier molecular flexibility index (Phi) is 20.9. The molecule has 0 aromatic heterocycles. The van der Waals surface area contributed by atoms with E-state index in [1.54, 1.807) is 0 Å². The molecule has 0 heterocycles. The van der Waals surface area contributed by atoms with E-state index in [9.17, 15) is 19.2 Å². The first kappa shape index (κ1) is 58.4. The third kappa shape index (κ3) is 18.1. The van der Waals surface area contributed by atoms with Crippen molar-refractivity contribution in [2.24, 2.45) is 0 Å². The van der Waals surface area contributed by atoms with Crippen molar-refractivity contribution in [3.8, 4) is 23.0 Å². The molecule has 0 atom stereocenters. The number of hydrogen-bond donors (Lipinski definition) is 0. The number of hydrogen-bond acceptors (Lipinski definition) is 12. The molecule has 4 aromatic carbocycles. The molecule has 12 nitrogen and oxygen atoms in total. The molecule has 0 spiro atoms. The van der Waals surface area contributed by atoms with Crippen LogP contribution in [0.1, 0.15) is 153 Å². The number of benzene rings is 4. The molecule has 388 valence electrons. The second-order valence-electron chi connectivity index (χ2n) is 21.8. The SMILES string of the molecule is COC(=O)CCc1ccc(OP(CP(Oc2ccc(CCC(=O)OC)cc2C(C)(C)C)Oc2ccc(CCC(=O)OC)cc2C(C)(C)C)Oc2ccc(CCC(=O)OC)cc2C(C)(C)C)c(C(C)(C)C)c1. The Balaban J connectivity index is 1.96. The van der Waals surface area contributed by atoms with Crippen molar-refractivity contribution in [2.45, 2.75) is 156 Å². The summed E-state index contributed by atoms with van der Waals surface area (Å²) in [6.07, 6.45) is 2.97. The molecule has 0 amide bonds. The van der Waals surface area contributed by atoms with Gasteiger partial charge in [0.05, 0.1) is 28.4 Å². The van der Waals surface area contributed by atoms with Gasteiger partial charge in [0.25, 0.3) is 0 Å². The Morgan fingerprint density at radius 1 is 0.352 bits per heavy atom. The number of aryl methyl sites for hydroxylation is 4. The molecule has 0 bridgehead atoms. The molecule has 0 fully saturated rings. The van der Waals surface area contributed by atoms with Crippen LogP contribution in [0.3, 0.4) is 0 Å². The number of rotatable bonds is 22. The van der Waals surface area contributed by atoms with Crippen LogP contribution in [0.5, 0.6) is 23.0 Å². The molecule has 0 unspecified atom stereocenters. The van der Waals surface area contributed by atoms with E-state index in [4.69, 9.17) is 37.0 Å². The van der Waals surface area contributed by atoms with Crippen LogP contribution < -0.4 is 18.1 Å². The lowest BCUT2D eigenvalue weighted by Gasteiger charge is -2.31. The Morgan fingerprint density at radius 3 is 0.718 bits per heavy atom. The maximum absolute atomic E-state index is 12.2. The Morgan fingerprint density at radius 2 is 0.549 bits per heavy atom. The second-order valence-corrected chi connectivity index (χ2v) is 25.0. The number of carbonyl (C=O) groups excluding carboxylic acids is 4. The highest BCUT2D eigenvalue weighted by molar-refractivity contribution is 7.65. The predicted molar refractivity (Wildman–Crippen MR) is 283 cm³/mol. The predicted octanol–water partition coefficient (Wildman–Crippen LogP) is 13.5. The van der Waals surface area contributed by atoms with Crippen LogP contribution in [0.15, 0.2) is 72.8 Å². The van der Waals surface area contributed by atoms with Gasteiger partial charge in [-0.15, -0.1) is 0 Å². The van der Waals surface area contributed by atoms with Crippen LogP contribution in [0.2, 0.25) is 0 Å². The van der Waals surface area contributed by atoms with Crippen molar-refractivity contribution in [3.05, 3.63) is 117 Å². The average Bonchev–Trinajstić information content (AvgIpc) is 3.30. The molecule has 0 saturated carbocycles. The van der Waals surface area contributed by atoms with Crippen molar-refractivity contribution in [1.82, 2.24) is 0 Å². The molecule has 0 radical (unpaired) electrons. The summed E-state index contributed by atoms with van der Waals surface area (Å²) in [5, 5.41) is 0. The zero-order chi connectivity index (χ0) is 52.9. The minimum Gasteiger partial charge on any atom is -0.469 e. The van der Waals surface area contributed by atoms with Gasteiger partial charge in [0, 0.05) is 47.9 Å². The monoisotopic (exact) mass is 1020 g/mol. The Bertz CT molecular complexity index is 2120. The first-order valence-corrected chi connectivity index (χ1v) is 27.0. The first-order valence-electron chi connectivity index (χ1n) is 24.2. The molecule has 4 rings (SSSR count). The molecule has 0 saturated heterocycles. The van der Waals surface area contributed by atoms with Crippen molar-refractivity contribution in [1.29, 1.82) is 0 Å². The highest BCUT2D eigenvalue weighted by atomic mass is 31.2. The zero-order valence-electron chi connectivity index (χ0n) is 45.1. The number of methoxy groups -OCH3 is 4. The lowest BCUT2D eigenvalue weighted by molar-refractivity contribution is -0.141. The fraction of sp³-hybridized carbons (Fsp3) is 0.509. The first-order chi connectivity index (χ1) is 33.1. The summed E-state index contributed by atoms with van der Waals surface area (Å²) in [6.45, 7) is 25.5. The van der Waals surface area contributed by atoms with Gasteiger partial charge in [-0.3, -0.25) is 19.2 Å². The highest BCUT2D eigenvalue weighted by Gasteiger charge is 2.34. The van der Waals surface area contributed by atoms with Gasteiger partial charge in [-0.05, 0) is 93.9 Å². The van der Waals surface area contributed by atoms with Crippen LogP contribution in [0, 0.1) is 0 Å². The third-order valence-electron chi connectivity index (χ3n) is 11.8. The zero-order valence-corrected chi connectivity index (χ0v) is 46.9. The van der Waals surface area contributed by atoms with Crippen LogP contribution in [-0.4, -0.2) is 58.2 Å². The van der Waals surface area contributed by atoms with E-state index in [-0.39, 0.29) is 77.1 Å². The van der Waals surface area contributed by atoms with Crippen LogP contribution >= 0.6 is 16.8 Å². The van der Waals surface area contributed by atoms with E-state index in [0.29, 0.717) is 48.7 Å². The van der Waals surface area contributed by atoms with Gasteiger partial charge in [-0.25, -0.2) is 0 Å². The van der Waals surface area contributed by atoms with Crippen LogP contribution in [-0.2, 0) is 85.5 Å². The molecular weight excluding hydrogens is 939 g/mol. The highest BCUT2D eigenvalue weighted by Crippen LogP contribution is 2.57. The van der Waals surface area contributed by atoms with Gasteiger partial charge in [-0.1, -0.05) is 132 Å². The van der Waals surface area contributed by atoms with Crippen LogP contribution in [0.4, 0.5) is 0 Å². The molecule has 4 aromatic rings. The summed E-state index contributed by atoms with van der Waals surface area (Å²) in [7, 11) is 1.73. The number of esters is 4. The van der Waals surface area contributed by atoms with Gasteiger partial charge >= 0.3 is 40.6 Å². The standard InChI is InChI=1S/C57H78O12P2/c1-54(2,3)42-33-38(21-29-50(58)62-13)17-25-46(42)66-70(67-47-26-18-39(22-30-51(59)63-14)34-43(47)55(4,5)6)37-71(68-48-27-19-40(23-31-52(60)64-15)35-44(48)56(7,8)9)69-49-28-20-41(24-32-53(61)65-16)36-45(49)57(10,11)12/h17-20,25-28,33-36H,21-24,29-32,37H2,1-16H3. The number of carbonyl (C=O) groups is 4. The summed E-state index contributed by atoms with van der Waals surface area (Å²) < 4.78 is 48.6. The van der Waals surface area contributed by atoms with Crippen molar-refractivity contribution in [2.75, 3.05) is 34.3 Å². The Labute approximate surface area is 426 Å². The summed E-state index contributed by atoms with van der Waals surface area (Å²) in [5.74, 6) is 1.57. The van der Waals surface area contributed by atoms with E-state index in [1.165, 1.54) is 28.4 Å².